The average molecular weight is 579 g/mol. The molecule has 190 valence electrons. The van der Waals surface area contributed by atoms with Crippen molar-refractivity contribution < 1.29 is 21.5 Å². The molecule has 3 nitrogen and oxygen atoms in total. The van der Waals surface area contributed by atoms with Crippen molar-refractivity contribution in [2.75, 3.05) is 7.11 Å². The molecule has 0 aliphatic heterocycles. The number of hydrogen-bond acceptors (Lipinski definition) is 5. The second-order valence-electron chi connectivity index (χ2n) is 8.46. The third-order valence-corrected chi connectivity index (χ3v) is 8.60. The van der Waals surface area contributed by atoms with Gasteiger partial charge >= 0.3 is 0 Å². The van der Waals surface area contributed by atoms with Gasteiger partial charge in [-0.25, -0.2) is 14.4 Å². The Hall–Kier alpha value is -3.16. The summed E-state index contributed by atoms with van der Waals surface area (Å²) in [6.45, 7) is 0. The van der Waals surface area contributed by atoms with Gasteiger partial charge in [-0.05, 0) is 66.2 Å². The number of thiazole rings is 1. The molecule has 6 aromatic rings. The first-order valence-electron chi connectivity index (χ1n) is 11.6. The van der Waals surface area contributed by atoms with Gasteiger partial charge in [-0.2, -0.15) is 0 Å². The van der Waals surface area contributed by atoms with Crippen molar-refractivity contribution in [1.82, 2.24) is 9.97 Å². The van der Waals surface area contributed by atoms with Crippen LogP contribution in [0.3, 0.4) is 0 Å². The van der Waals surface area contributed by atoms with E-state index in [0.29, 0.717) is 16.3 Å². The Bertz CT molecular complexity index is 1740. The summed E-state index contributed by atoms with van der Waals surface area (Å²) in [4.78, 5) is 9.65. The van der Waals surface area contributed by atoms with Crippen LogP contribution in [0, 0.1) is 5.82 Å². The molecule has 0 N–H and O–H groups in total. The quantitative estimate of drug-likeness (QED) is 0.218. The van der Waals surface area contributed by atoms with Gasteiger partial charge in [0.05, 0.1) is 28.5 Å². The molecule has 38 heavy (non-hydrogen) atoms. The number of nitrogens with zero attached hydrogens (tertiary/aromatic N) is 2. The van der Waals surface area contributed by atoms with Crippen molar-refractivity contribution in [2.24, 2.45) is 0 Å². The molecule has 0 bridgehead atoms. The largest absolute Gasteiger partial charge is 1.00 e. The van der Waals surface area contributed by atoms with E-state index in [-0.39, 0.29) is 18.2 Å². The topological polar surface area (TPSA) is 35.0 Å². The van der Waals surface area contributed by atoms with E-state index in [1.54, 1.807) is 48.4 Å². The second-order valence-corrected chi connectivity index (χ2v) is 11.1. The van der Waals surface area contributed by atoms with E-state index in [4.69, 9.17) is 26.3 Å². The monoisotopic (exact) mass is 577 g/mol. The summed E-state index contributed by atoms with van der Waals surface area (Å²) in [6.07, 6.45) is 0. The van der Waals surface area contributed by atoms with Crippen LogP contribution < -0.4 is 17.1 Å². The first kappa shape index (κ1) is 26.4. The Morgan fingerprint density at radius 2 is 1.68 bits per heavy atom. The molecule has 0 aliphatic rings. The number of para-hydroxylation sites is 1. The molecule has 2 heterocycles. The van der Waals surface area contributed by atoms with E-state index in [0.717, 1.165) is 48.9 Å². The van der Waals surface area contributed by atoms with Crippen LogP contribution in [0.25, 0.3) is 43.5 Å². The number of fused-ring (bicyclic) bond motifs is 2. The van der Waals surface area contributed by atoms with Crippen molar-refractivity contribution in [1.29, 1.82) is 0 Å². The van der Waals surface area contributed by atoms with Gasteiger partial charge < -0.3 is 17.1 Å². The van der Waals surface area contributed by atoms with E-state index in [9.17, 15) is 4.39 Å². The molecule has 0 aliphatic carbocycles. The van der Waals surface area contributed by atoms with Gasteiger partial charge in [-0.1, -0.05) is 53.7 Å². The molecule has 0 radical (unpaired) electrons. The molecule has 6 rings (SSSR count). The second kappa shape index (κ2) is 11.3. The lowest BCUT2D eigenvalue weighted by atomic mass is 9.97. The molecule has 0 spiro atoms. The average Bonchev–Trinajstić information content (AvgIpc) is 3.35. The van der Waals surface area contributed by atoms with Gasteiger partial charge in [0.2, 0.25) is 0 Å². The van der Waals surface area contributed by atoms with Crippen molar-refractivity contribution in [3.8, 4) is 28.1 Å². The Labute approximate surface area is 239 Å². The van der Waals surface area contributed by atoms with Gasteiger partial charge in [0.1, 0.15) is 11.6 Å². The highest BCUT2D eigenvalue weighted by Gasteiger charge is 2.15. The van der Waals surface area contributed by atoms with Crippen molar-refractivity contribution in [2.45, 2.75) is 10.1 Å². The zero-order chi connectivity index (χ0) is 25.4. The van der Waals surface area contributed by atoms with Gasteiger partial charge in [0, 0.05) is 32.9 Å². The van der Waals surface area contributed by atoms with Crippen LogP contribution in [0.4, 0.5) is 4.39 Å². The maximum absolute atomic E-state index is 14.9. The molecule has 8 heteroatoms. The zero-order valence-corrected chi connectivity index (χ0v) is 23.3. The number of hydrogen-bond donors (Lipinski definition) is 0. The highest BCUT2D eigenvalue weighted by Crippen LogP contribution is 2.38. The number of aromatic nitrogens is 2. The predicted octanol–water partition coefficient (Wildman–Crippen LogP) is 6.28. The Balaban J connectivity index is 0.00000294. The summed E-state index contributed by atoms with van der Waals surface area (Å²) in [5, 5.41) is 1.39. The van der Waals surface area contributed by atoms with Crippen LogP contribution in [0.5, 0.6) is 5.75 Å². The standard InChI is InChI=1S/C30H20ClFN2OS2.ClH/c1-35-28-13-10-18(14-19(28)17-36-30-34-26-8-4-5-9-29(26)37-30)27-16-22(21-6-2-3-7-24(21)32)23-15-20(31)11-12-25(23)33-27;/h2-16H,17H2,1H3;1H/p-1. The van der Waals surface area contributed by atoms with Gasteiger partial charge in [0.25, 0.3) is 0 Å². The van der Waals surface area contributed by atoms with E-state index in [2.05, 4.69) is 12.1 Å². The molecule has 2 aromatic heterocycles. The minimum absolute atomic E-state index is 0. The van der Waals surface area contributed by atoms with Crippen molar-refractivity contribution in [3.63, 3.8) is 0 Å². The fourth-order valence-corrected chi connectivity index (χ4v) is 6.57. The molecule has 0 atom stereocenters. The fourth-order valence-electron chi connectivity index (χ4n) is 4.35. The van der Waals surface area contributed by atoms with Gasteiger partial charge in [-0.15, -0.1) is 11.3 Å². The third kappa shape index (κ3) is 5.22. The Kier molecular flexibility index (Phi) is 7.86. The van der Waals surface area contributed by atoms with Gasteiger partial charge in [-0.3, -0.25) is 0 Å². The fraction of sp³-hybridized carbons (Fsp3) is 0.0667. The number of pyridine rings is 1. The van der Waals surface area contributed by atoms with E-state index in [1.165, 1.54) is 10.8 Å². The molecular weight excluding hydrogens is 558 g/mol. The van der Waals surface area contributed by atoms with Crippen LogP contribution in [0.2, 0.25) is 5.02 Å². The number of ether oxygens (including phenoxy) is 1. The highest BCUT2D eigenvalue weighted by atomic mass is 35.5. The summed E-state index contributed by atoms with van der Waals surface area (Å²) in [7, 11) is 1.68. The van der Waals surface area contributed by atoms with Crippen LogP contribution in [0.1, 0.15) is 5.56 Å². The number of benzene rings is 4. The first-order valence-corrected chi connectivity index (χ1v) is 13.8. The van der Waals surface area contributed by atoms with E-state index < -0.39 is 0 Å². The lowest BCUT2D eigenvalue weighted by Crippen LogP contribution is -3.00. The molecule has 4 aromatic carbocycles. The minimum atomic E-state index is -0.288. The minimum Gasteiger partial charge on any atom is -1.00 e. The summed E-state index contributed by atoms with van der Waals surface area (Å²) in [5.74, 6) is 1.21. The normalized spacial score (nSPS) is 11.0. The van der Waals surface area contributed by atoms with Crippen LogP contribution in [-0.2, 0) is 5.75 Å². The Morgan fingerprint density at radius 1 is 0.868 bits per heavy atom. The molecule has 0 fully saturated rings. The number of rotatable bonds is 6. The molecule has 0 saturated heterocycles. The SMILES string of the molecule is COc1ccc(-c2cc(-c3ccccc3F)c3cc(Cl)ccc3n2)cc1CSc1nc2ccccc2s1.[Cl-]. The summed E-state index contributed by atoms with van der Waals surface area (Å²) < 4.78 is 22.7. The van der Waals surface area contributed by atoms with E-state index >= 15 is 0 Å². The number of thioether (sulfide) groups is 1. The molecule has 0 saturated carbocycles. The molecular formula is C30H20Cl2FN2OS2-. The summed E-state index contributed by atoms with van der Waals surface area (Å²) >= 11 is 9.67. The maximum Gasteiger partial charge on any atom is 0.151 e. The number of halogens is 3. The highest BCUT2D eigenvalue weighted by molar-refractivity contribution is 8.00. The van der Waals surface area contributed by atoms with Gasteiger partial charge in [0.15, 0.2) is 4.34 Å². The lowest BCUT2D eigenvalue weighted by molar-refractivity contribution is -0.00000789. The van der Waals surface area contributed by atoms with E-state index in [1.807, 2.05) is 54.6 Å². The van der Waals surface area contributed by atoms with Crippen molar-refractivity contribution >= 4 is 55.8 Å². The summed E-state index contributed by atoms with van der Waals surface area (Å²) in [6, 6.07) is 28.4. The Morgan fingerprint density at radius 3 is 2.50 bits per heavy atom. The third-order valence-electron chi connectivity index (χ3n) is 6.14. The van der Waals surface area contributed by atoms with Crippen LogP contribution in [0.15, 0.2) is 95.3 Å². The van der Waals surface area contributed by atoms with Crippen LogP contribution in [-0.4, -0.2) is 17.1 Å². The number of methoxy groups -OCH3 is 1. The molecule has 0 amide bonds. The van der Waals surface area contributed by atoms with Crippen molar-refractivity contribution in [3.05, 3.63) is 107 Å². The maximum atomic E-state index is 14.9. The van der Waals surface area contributed by atoms with Crippen LogP contribution >= 0.6 is 34.7 Å². The summed E-state index contributed by atoms with van der Waals surface area (Å²) in [5.41, 5.74) is 5.74. The lowest BCUT2D eigenvalue weighted by Gasteiger charge is -2.13. The molecule has 0 unspecified atom stereocenters. The smallest absolute Gasteiger partial charge is 0.151 e. The predicted molar refractivity (Wildman–Crippen MR) is 153 cm³/mol. The zero-order valence-electron chi connectivity index (χ0n) is 20.1. The first-order chi connectivity index (χ1) is 18.1.